The summed E-state index contributed by atoms with van der Waals surface area (Å²) in [5, 5.41) is 3.84. The predicted molar refractivity (Wildman–Crippen MR) is 65.7 cm³/mol. The third-order valence-corrected chi connectivity index (χ3v) is 3.27. The second-order valence-electron chi connectivity index (χ2n) is 3.62. The molecule has 0 spiro atoms. The van der Waals surface area contributed by atoms with Gasteiger partial charge in [-0.2, -0.15) is 11.3 Å². The van der Waals surface area contributed by atoms with E-state index in [0.717, 1.165) is 11.1 Å². The molecule has 0 aromatic carbocycles. The monoisotopic (exact) mass is 248 g/mol. The van der Waals surface area contributed by atoms with E-state index in [1.54, 1.807) is 6.07 Å². The van der Waals surface area contributed by atoms with E-state index in [1.807, 2.05) is 17.7 Å². The Balaban J connectivity index is 2.16. The summed E-state index contributed by atoms with van der Waals surface area (Å²) in [4.78, 5) is 20.0. The molecule has 0 aliphatic heterocycles. The summed E-state index contributed by atoms with van der Waals surface area (Å²) >= 11 is 1.53. The van der Waals surface area contributed by atoms with Gasteiger partial charge < -0.3 is 4.74 Å². The fourth-order valence-electron chi connectivity index (χ4n) is 1.49. The maximum absolute atomic E-state index is 12.0. The number of Topliss-reactive ketones (excluding diaryl/α,β-unsaturated/α-hetero) is 1. The van der Waals surface area contributed by atoms with Gasteiger partial charge in [0.05, 0.1) is 19.2 Å². The SMILES string of the molecule is COc1cc(CC(=O)c2cscc2C)ncn1. The maximum atomic E-state index is 12.0. The molecular formula is C12H12N2O2S. The van der Waals surface area contributed by atoms with E-state index in [9.17, 15) is 4.79 Å². The zero-order valence-electron chi connectivity index (χ0n) is 9.64. The summed E-state index contributed by atoms with van der Waals surface area (Å²) < 4.78 is 4.99. The first-order valence-corrected chi connectivity index (χ1v) is 6.06. The number of hydrogen-bond acceptors (Lipinski definition) is 5. The molecule has 0 saturated heterocycles. The van der Waals surface area contributed by atoms with E-state index in [1.165, 1.54) is 24.8 Å². The van der Waals surface area contributed by atoms with Crippen LogP contribution in [0.3, 0.4) is 0 Å². The van der Waals surface area contributed by atoms with Gasteiger partial charge in [0, 0.05) is 17.0 Å². The molecule has 0 aliphatic rings. The Labute approximate surface area is 103 Å². The highest BCUT2D eigenvalue weighted by Gasteiger charge is 2.12. The minimum Gasteiger partial charge on any atom is -0.481 e. The Morgan fingerprint density at radius 2 is 2.24 bits per heavy atom. The Bertz CT molecular complexity index is 537. The molecule has 2 heterocycles. The fraction of sp³-hybridized carbons (Fsp3) is 0.250. The summed E-state index contributed by atoms with van der Waals surface area (Å²) in [7, 11) is 1.54. The summed E-state index contributed by atoms with van der Waals surface area (Å²) in [6, 6.07) is 1.68. The Kier molecular flexibility index (Phi) is 3.49. The predicted octanol–water partition coefficient (Wildman–Crippen LogP) is 2.28. The van der Waals surface area contributed by atoms with Gasteiger partial charge in [-0.1, -0.05) is 0 Å². The molecule has 88 valence electrons. The molecule has 4 nitrogen and oxygen atoms in total. The second-order valence-corrected chi connectivity index (χ2v) is 4.36. The lowest BCUT2D eigenvalue weighted by Crippen LogP contribution is -2.06. The van der Waals surface area contributed by atoms with Crippen LogP contribution in [0.15, 0.2) is 23.2 Å². The number of ether oxygens (including phenoxy) is 1. The molecule has 0 saturated carbocycles. The van der Waals surface area contributed by atoms with Gasteiger partial charge >= 0.3 is 0 Å². The summed E-state index contributed by atoms with van der Waals surface area (Å²) in [5.41, 5.74) is 2.46. The molecule has 0 bridgehead atoms. The number of aromatic nitrogens is 2. The Hall–Kier alpha value is -1.75. The van der Waals surface area contributed by atoms with Crippen LogP contribution in [-0.4, -0.2) is 22.9 Å². The van der Waals surface area contributed by atoms with E-state index < -0.39 is 0 Å². The zero-order chi connectivity index (χ0) is 12.3. The average molecular weight is 248 g/mol. The fourth-order valence-corrected chi connectivity index (χ4v) is 2.34. The number of aryl methyl sites for hydroxylation is 1. The van der Waals surface area contributed by atoms with Gasteiger partial charge in [-0.05, 0) is 17.9 Å². The van der Waals surface area contributed by atoms with Crippen LogP contribution in [0.2, 0.25) is 0 Å². The molecule has 0 N–H and O–H groups in total. The first-order chi connectivity index (χ1) is 8.20. The molecule has 2 rings (SSSR count). The number of rotatable bonds is 4. The van der Waals surface area contributed by atoms with Crippen molar-refractivity contribution in [2.75, 3.05) is 7.11 Å². The van der Waals surface area contributed by atoms with Gasteiger partial charge in [-0.15, -0.1) is 0 Å². The number of carbonyl (C=O) groups excluding carboxylic acids is 1. The van der Waals surface area contributed by atoms with Crippen molar-refractivity contribution in [1.29, 1.82) is 0 Å². The molecule has 17 heavy (non-hydrogen) atoms. The van der Waals surface area contributed by atoms with Gasteiger partial charge in [0.25, 0.3) is 0 Å². The lowest BCUT2D eigenvalue weighted by Gasteiger charge is -2.02. The quantitative estimate of drug-likeness (QED) is 0.779. The summed E-state index contributed by atoms with van der Waals surface area (Å²) in [6.07, 6.45) is 1.68. The molecule has 5 heteroatoms. The molecule has 0 amide bonds. The largest absolute Gasteiger partial charge is 0.481 e. The third kappa shape index (κ3) is 2.68. The van der Waals surface area contributed by atoms with Crippen molar-refractivity contribution in [3.05, 3.63) is 40.0 Å². The van der Waals surface area contributed by atoms with Gasteiger partial charge in [-0.25, -0.2) is 9.97 Å². The smallest absolute Gasteiger partial charge is 0.216 e. The molecule has 0 fully saturated rings. The van der Waals surface area contributed by atoms with E-state index in [-0.39, 0.29) is 12.2 Å². The normalized spacial score (nSPS) is 10.2. The molecule has 0 aliphatic carbocycles. The molecule has 0 unspecified atom stereocenters. The van der Waals surface area contributed by atoms with E-state index in [0.29, 0.717) is 11.6 Å². The topological polar surface area (TPSA) is 52.1 Å². The van der Waals surface area contributed by atoms with Crippen LogP contribution in [0.25, 0.3) is 0 Å². The standard InChI is InChI=1S/C12H12N2O2S/c1-8-5-17-6-10(8)11(15)3-9-4-12(16-2)14-7-13-9/h4-7H,3H2,1-2H3. The van der Waals surface area contributed by atoms with Gasteiger partial charge in [0.15, 0.2) is 5.78 Å². The number of ketones is 1. The van der Waals surface area contributed by atoms with E-state index in [4.69, 9.17) is 4.74 Å². The van der Waals surface area contributed by atoms with Crippen molar-refractivity contribution in [3.63, 3.8) is 0 Å². The Morgan fingerprint density at radius 3 is 2.88 bits per heavy atom. The van der Waals surface area contributed by atoms with Crippen molar-refractivity contribution in [3.8, 4) is 5.88 Å². The van der Waals surface area contributed by atoms with Crippen LogP contribution in [-0.2, 0) is 6.42 Å². The number of hydrogen-bond donors (Lipinski definition) is 0. The van der Waals surface area contributed by atoms with Crippen molar-refractivity contribution in [1.82, 2.24) is 9.97 Å². The van der Waals surface area contributed by atoms with Crippen LogP contribution in [0.4, 0.5) is 0 Å². The highest BCUT2D eigenvalue weighted by molar-refractivity contribution is 7.08. The number of nitrogens with zero attached hydrogens (tertiary/aromatic N) is 2. The van der Waals surface area contributed by atoms with E-state index >= 15 is 0 Å². The van der Waals surface area contributed by atoms with Crippen LogP contribution < -0.4 is 4.74 Å². The molecule has 2 aromatic heterocycles. The second kappa shape index (κ2) is 5.05. The lowest BCUT2D eigenvalue weighted by molar-refractivity contribution is 0.0992. The van der Waals surface area contributed by atoms with Crippen LogP contribution in [0.1, 0.15) is 21.6 Å². The van der Waals surface area contributed by atoms with Crippen molar-refractivity contribution < 1.29 is 9.53 Å². The van der Waals surface area contributed by atoms with Gasteiger partial charge in [0.1, 0.15) is 6.33 Å². The van der Waals surface area contributed by atoms with Crippen molar-refractivity contribution in [2.45, 2.75) is 13.3 Å². The average Bonchev–Trinajstić information content (AvgIpc) is 2.76. The van der Waals surface area contributed by atoms with Crippen LogP contribution in [0.5, 0.6) is 5.88 Å². The first kappa shape index (κ1) is 11.7. The molecule has 0 atom stereocenters. The summed E-state index contributed by atoms with van der Waals surface area (Å²) in [6.45, 7) is 1.93. The summed E-state index contributed by atoms with van der Waals surface area (Å²) in [5.74, 6) is 0.550. The number of methoxy groups -OCH3 is 1. The minimum absolute atomic E-state index is 0.0736. The zero-order valence-corrected chi connectivity index (χ0v) is 10.5. The highest BCUT2D eigenvalue weighted by atomic mass is 32.1. The van der Waals surface area contributed by atoms with E-state index in [2.05, 4.69) is 9.97 Å². The van der Waals surface area contributed by atoms with Crippen LogP contribution >= 0.6 is 11.3 Å². The number of carbonyl (C=O) groups is 1. The van der Waals surface area contributed by atoms with Gasteiger partial charge in [-0.3, -0.25) is 4.79 Å². The maximum Gasteiger partial charge on any atom is 0.216 e. The molecule has 0 radical (unpaired) electrons. The van der Waals surface area contributed by atoms with Gasteiger partial charge in [0.2, 0.25) is 5.88 Å². The molecule has 2 aromatic rings. The van der Waals surface area contributed by atoms with Crippen molar-refractivity contribution in [2.24, 2.45) is 0 Å². The third-order valence-electron chi connectivity index (χ3n) is 2.41. The molecular weight excluding hydrogens is 236 g/mol. The highest BCUT2D eigenvalue weighted by Crippen LogP contribution is 2.16. The lowest BCUT2D eigenvalue weighted by atomic mass is 10.1. The first-order valence-electron chi connectivity index (χ1n) is 5.11. The van der Waals surface area contributed by atoms with Crippen LogP contribution in [0, 0.1) is 6.92 Å². The minimum atomic E-state index is 0.0736. The van der Waals surface area contributed by atoms with Crippen molar-refractivity contribution >= 4 is 17.1 Å². The Morgan fingerprint density at radius 1 is 1.41 bits per heavy atom. The number of thiophene rings is 1.